The molecule has 0 atom stereocenters. The van der Waals surface area contributed by atoms with Gasteiger partial charge in [-0.1, -0.05) is 54.1 Å². The second kappa shape index (κ2) is 8.68. The zero-order chi connectivity index (χ0) is 21.0. The quantitative estimate of drug-likeness (QED) is 0.403. The van der Waals surface area contributed by atoms with Crippen LogP contribution in [0.3, 0.4) is 0 Å². The number of ether oxygens (including phenoxy) is 1. The van der Waals surface area contributed by atoms with Gasteiger partial charge >= 0.3 is 16.1 Å². The Hall–Kier alpha value is -2.83. The van der Waals surface area contributed by atoms with Gasteiger partial charge in [-0.25, -0.2) is 4.79 Å². The van der Waals surface area contributed by atoms with Gasteiger partial charge in [0, 0.05) is 10.6 Å². The number of aryl methyl sites for hydroxylation is 2. The lowest BCUT2D eigenvalue weighted by molar-refractivity contribution is 0.0471. The van der Waals surface area contributed by atoms with Gasteiger partial charge in [0.15, 0.2) is 5.75 Å². The molecule has 0 aliphatic carbocycles. The molecule has 0 spiro atoms. The van der Waals surface area contributed by atoms with Crippen molar-refractivity contribution in [3.05, 3.63) is 94.0 Å². The molecule has 7 heteroatoms. The van der Waals surface area contributed by atoms with Crippen LogP contribution >= 0.6 is 11.6 Å². The van der Waals surface area contributed by atoms with E-state index in [-0.39, 0.29) is 22.8 Å². The third-order valence-corrected chi connectivity index (χ3v) is 5.98. The zero-order valence-corrected chi connectivity index (χ0v) is 17.5. The molecule has 0 bridgehead atoms. The van der Waals surface area contributed by atoms with Crippen LogP contribution in [0, 0.1) is 13.8 Å². The summed E-state index contributed by atoms with van der Waals surface area (Å²) in [5, 5.41) is 0.474. The minimum Gasteiger partial charge on any atom is -0.457 e. The SMILES string of the molecule is Cc1ccc(C)c(S(=O)(=O)Oc2ccccc2C(=O)OCc2ccccc2Cl)c1. The fourth-order valence-electron chi connectivity index (χ4n) is 2.68. The van der Waals surface area contributed by atoms with Gasteiger partial charge in [0.25, 0.3) is 0 Å². The standard InChI is InChI=1S/C22H19ClO5S/c1-15-11-12-16(2)21(13-15)29(25,26)28-20-10-6-4-8-18(20)22(24)27-14-17-7-3-5-9-19(17)23/h3-13H,14H2,1-2H3. The van der Waals surface area contributed by atoms with Crippen LogP contribution in [-0.4, -0.2) is 14.4 Å². The second-order valence-electron chi connectivity index (χ2n) is 6.47. The minimum absolute atomic E-state index is 0.00781. The third kappa shape index (κ3) is 4.96. The topological polar surface area (TPSA) is 69.7 Å². The number of halogens is 1. The van der Waals surface area contributed by atoms with Crippen molar-refractivity contribution >= 4 is 27.7 Å². The van der Waals surface area contributed by atoms with Gasteiger partial charge in [-0.2, -0.15) is 8.42 Å². The number of hydrogen-bond donors (Lipinski definition) is 0. The molecule has 0 aliphatic rings. The molecule has 3 aromatic carbocycles. The lowest BCUT2D eigenvalue weighted by Gasteiger charge is -2.13. The van der Waals surface area contributed by atoms with E-state index < -0.39 is 16.1 Å². The van der Waals surface area contributed by atoms with Crippen LogP contribution in [0.15, 0.2) is 71.6 Å². The predicted molar refractivity (Wildman–Crippen MR) is 111 cm³/mol. The van der Waals surface area contributed by atoms with Crippen LogP contribution < -0.4 is 4.18 Å². The molecule has 29 heavy (non-hydrogen) atoms. The molecule has 3 aromatic rings. The number of hydrogen-bond acceptors (Lipinski definition) is 5. The summed E-state index contributed by atoms with van der Waals surface area (Å²) in [6, 6.07) is 18.1. The molecule has 0 fully saturated rings. The first-order valence-corrected chi connectivity index (χ1v) is 10.6. The summed E-state index contributed by atoms with van der Waals surface area (Å²) in [5.41, 5.74) is 1.98. The third-order valence-electron chi connectivity index (χ3n) is 4.24. The molecule has 0 heterocycles. The first-order valence-electron chi connectivity index (χ1n) is 8.79. The zero-order valence-electron chi connectivity index (χ0n) is 15.9. The van der Waals surface area contributed by atoms with Crippen LogP contribution in [0.4, 0.5) is 0 Å². The lowest BCUT2D eigenvalue weighted by Crippen LogP contribution is -2.15. The van der Waals surface area contributed by atoms with Crippen molar-refractivity contribution in [3.8, 4) is 5.75 Å². The highest BCUT2D eigenvalue weighted by molar-refractivity contribution is 7.87. The molecule has 0 aliphatic heterocycles. The molecule has 0 radical (unpaired) electrons. The largest absolute Gasteiger partial charge is 0.457 e. The molecule has 3 rings (SSSR count). The fourth-order valence-corrected chi connectivity index (χ4v) is 4.14. The first-order chi connectivity index (χ1) is 13.8. The van der Waals surface area contributed by atoms with Crippen molar-refractivity contribution in [1.82, 2.24) is 0 Å². The van der Waals surface area contributed by atoms with E-state index in [4.69, 9.17) is 20.5 Å². The Labute approximate surface area is 175 Å². The van der Waals surface area contributed by atoms with Gasteiger partial charge in [0.05, 0.1) is 0 Å². The van der Waals surface area contributed by atoms with Crippen molar-refractivity contribution in [3.63, 3.8) is 0 Å². The number of benzene rings is 3. The van der Waals surface area contributed by atoms with Gasteiger partial charge < -0.3 is 8.92 Å². The van der Waals surface area contributed by atoms with Gasteiger partial charge in [-0.15, -0.1) is 0 Å². The Balaban J connectivity index is 1.84. The van der Waals surface area contributed by atoms with Crippen molar-refractivity contribution in [2.75, 3.05) is 0 Å². The van der Waals surface area contributed by atoms with E-state index in [0.29, 0.717) is 16.1 Å². The maximum atomic E-state index is 12.8. The highest BCUT2D eigenvalue weighted by Crippen LogP contribution is 2.26. The van der Waals surface area contributed by atoms with Gasteiger partial charge in [-0.05, 0) is 49.2 Å². The summed E-state index contributed by atoms with van der Waals surface area (Å²) < 4.78 is 36.2. The molecule has 0 saturated carbocycles. The Kier molecular flexibility index (Phi) is 6.25. The summed E-state index contributed by atoms with van der Waals surface area (Å²) in [6.45, 7) is 3.43. The lowest BCUT2D eigenvalue weighted by atomic mass is 10.2. The van der Waals surface area contributed by atoms with Crippen LogP contribution in [0.1, 0.15) is 27.0 Å². The average molecular weight is 431 g/mol. The van der Waals surface area contributed by atoms with E-state index >= 15 is 0 Å². The molecule has 5 nitrogen and oxygen atoms in total. The molecule has 0 amide bonds. The van der Waals surface area contributed by atoms with Gasteiger partial charge in [0.2, 0.25) is 0 Å². The summed E-state index contributed by atoms with van der Waals surface area (Å²) in [7, 11) is -4.13. The van der Waals surface area contributed by atoms with E-state index in [1.807, 2.05) is 6.07 Å². The summed E-state index contributed by atoms with van der Waals surface area (Å²) in [5.74, 6) is -0.811. The Bertz CT molecular complexity index is 1160. The van der Waals surface area contributed by atoms with Gasteiger partial charge in [0.1, 0.15) is 17.1 Å². The molecule has 0 aromatic heterocycles. The number of carbonyl (C=O) groups is 1. The van der Waals surface area contributed by atoms with Crippen LogP contribution in [0.2, 0.25) is 5.02 Å². The second-order valence-corrected chi connectivity index (χ2v) is 8.39. The van der Waals surface area contributed by atoms with E-state index in [1.54, 1.807) is 56.3 Å². The normalized spacial score (nSPS) is 11.1. The maximum Gasteiger partial charge on any atom is 0.342 e. The summed E-state index contributed by atoms with van der Waals surface area (Å²) in [6.07, 6.45) is 0. The Morgan fingerprint density at radius 3 is 2.41 bits per heavy atom. The van der Waals surface area contributed by atoms with Crippen molar-refractivity contribution in [2.45, 2.75) is 25.3 Å². The highest BCUT2D eigenvalue weighted by atomic mass is 35.5. The number of carbonyl (C=O) groups excluding carboxylic acids is 1. The Morgan fingerprint density at radius 2 is 1.66 bits per heavy atom. The van der Waals surface area contributed by atoms with Crippen molar-refractivity contribution < 1.29 is 22.1 Å². The van der Waals surface area contributed by atoms with Crippen LogP contribution in [0.5, 0.6) is 5.75 Å². The first kappa shape index (κ1) is 20.9. The molecular weight excluding hydrogens is 412 g/mol. The van der Waals surface area contributed by atoms with E-state index in [2.05, 4.69) is 0 Å². The van der Waals surface area contributed by atoms with E-state index in [9.17, 15) is 13.2 Å². The van der Waals surface area contributed by atoms with Crippen molar-refractivity contribution in [1.29, 1.82) is 0 Å². The number of para-hydroxylation sites is 1. The molecule has 150 valence electrons. The summed E-state index contributed by atoms with van der Waals surface area (Å²) in [4.78, 5) is 12.6. The predicted octanol–water partition coefficient (Wildman–Crippen LogP) is 5.08. The number of esters is 1. The highest BCUT2D eigenvalue weighted by Gasteiger charge is 2.23. The Morgan fingerprint density at radius 1 is 0.966 bits per heavy atom. The smallest absolute Gasteiger partial charge is 0.342 e. The van der Waals surface area contributed by atoms with Crippen LogP contribution in [-0.2, 0) is 21.5 Å². The fraction of sp³-hybridized carbons (Fsp3) is 0.136. The van der Waals surface area contributed by atoms with Crippen molar-refractivity contribution in [2.24, 2.45) is 0 Å². The molecular formula is C22H19ClO5S. The van der Waals surface area contributed by atoms with Crippen LogP contribution in [0.25, 0.3) is 0 Å². The molecule has 0 unspecified atom stereocenters. The number of rotatable bonds is 6. The van der Waals surface area contributed by atoms with Gasteiger partial charge in [-0.3, -0.25) is 0 Å². The monoisotopic (exact) mass is 430 g/mol. The van der Waals surface area contributed by atoms with E-state index in [0.717, 1.165) is 5.56 Å². The maximum absolute atomic E-state index is 12.8. The molecule has 0 N–H and O–H groups in total. The molecule has 0 saturated heterocycles. The minimum atomic E-state index is -4.13. The summed E-state index contributed by atoms with van der Waals surface area (Å²) >= 11 is 6.07. The average Bonchev–Trinajstić information content (AvgIpc) is 2.69. The van der Waals surface area contributed by atoms with E-state index in [1.165, 1.54) is 18.2 Å².